The number of rotatable bonds is 5. The second-order valence-electron chi connectivity index (χ2n) is 4.77. The Morgan fingerprint density at radius 2 is 1.76 bits per heavy atom. The first-order valence-electron chi connectivity index (χ1n) is 6.06. The van der Waals surface area contributed by atoms with Crippen LogP contribution in [0, 0.1) is 24.0 Å². The number of aryl methyl sites for hydroxylation is 2. The van der Waals surface area contributed by atoms with Gasteiger partial charge in [0.1, 0.15) is 0 Å². The Bertz CT molecular complexity index is 610. The normalized spacial score (nSPS) is 12.9. The van der Waals surface area contributed by atoms with Crippen molar-refractivity contribution < 1.29 is 13.3 Å². The maximum absolute atomic E-state index is 12.6. The summed E-state index contributed by atoms with van der Waals surface area (Å²) in [5, 5.41) is 10.8. The van der Waals surface area contributed by atoms with E-state index >= 15 is 0 Å². The zero-order valence-electron chi connectivity index (χ0n) is 12.4. The Hall–Kier alpha value is -1.22. The van der Waals surface area contributed by atoms with E-state index < -0.39 is 14.9 Å². The van der Waals surface area contributed by atoms with Gasteiger partial charge in [0.2, 0.25) is 10.0 Å². The third kappa shape index (κ3) is 3.91. The number of likely N-dealkylation sites (N-methyl/N-ethyl adjacent to an activating group) is 1. The Labute approximate surface area is 130 Å². The maximum Gasteiger partial charge on any atom is 0.270 e. The van der Waals surface area contributed by atoms with Crippen LogP contribution in [0.4, 0.5) is 5.69 Å². The first-order valence-corrected chi connectivity index (χ1v) is 7.50. The summed E-state index contributed by atoms with van der Waals surface area (Å²) >= 11 is 0. The lowest BCUT2D eigenvalue weighted by Gasteiger charge is -2.24. The molecule has 1 rings (SSSR count). The van der Waals surface area contributed by atoms with Crippen LogP contribution in [0.1, 0.15) is 18.1 Å². The van der Waals surface area contributed by atoms with Crippen LogP contribution in [0.5, 0.6) is 0 Å². The third-order valence-corrected chi connectivity index (χ3v) is 5.53. The fourth-order valence-electron chi connectivity index (χ4n) is 1.97. The molecule has 9 heteroatoms. The predicted octanol–water partition coefficient (Wildman–Crippen LogP) is 1.60. The zero-order chi connectivity index (χ0) is 15.7. The van der Waals surface area contributed by atoms with Crippen molar-refractivity contribution in [2.45, 2.75) is 31.7 Å². The summed E-state index contributed by atoms with van der Waals surface area (Å²) in [6, 6.07) is 2.18. The van der Waals surface area contributed by atoms with Gasteiger partial charge >= 0.3 is 0 Å². The van der Waals surface area contributed by atoms with Crippen molar-refractivity contribution in [2.24, 2.45) is 5.73 Å². The molecule has 7 nitrogen and oxygen atoms in total. The standard InChI is InChI=1S/C12H19N3O4S.ClH/c1-8-5-11(15(16)17)6-9(2)12(8)20(18,19)14(4)10(3)7-13;/h5-6,10H,7,13H2,1-4H3;1H. The van der Waals surface area contributed by atoms with Crippen LogP contribution in [0.3, 0.4) is 0 Å². The minimum atomic E-state index is -3.72. The minimum absolute atomic E-state index is 0. The molecule has 0 heterocycles. The summed E-state index contributed by atoms with van der Waals surface area (Å²) in [5.41, 5.74) is 6.08. The van der Waals surface area contributed by atoms with Crippen LogP contribution in [-0.4, -0.2) is 37.3 Å². The van der Waals surface area contributed by atoms with Crippen LogP contribution < -0.4 is 5.73 Å². The number of non-ortho nitro benzene ring substituents is 1. The van der Waals surface area contributed by atoms with E-state index in [4.69, 9.17) is 5.73 Å². The van der Waals surface area contributed by atoms with E-state index in [9.17, 15) is 18.5 Å². The predicted molar refractivity (Wildman–Crippen MR) is 83.3 cm³/mol. The first kappa shape index (κ1) is 19.8. The Morgan fingerprint density at radius 3 is 2.10 bits per heavy atom. The van der Waals surface area contributed by atoms with Crippen LogP contribution in [0.15, 0.2) is 17.0 Å². The molecule has 0 bridgehead atoms. The van der Waals surface area contributed by atoms with E-state index in [0.717, 1.165) is 0 Å². The smallest absolute Gasteiger partial charge is 0.270 e. The van der Waals surface area contributed by atoms with Crippen molar-refractivity contribution in [1.82, 2.24) is 4.31 Å². The molecule has 0 radical (unpaired) electrons. The van der Waals surface area contributed by atoms with Crippen LogP contribution in [0.2, 0.25) is 0 Å². The number of nitrogens with zero attached hydrogens (tertiary/aromatic N) is 2. The number of nitrogens with two attached hydrogens (primary N) is 1. The Balaban J connectivity index is 0.00000400. The van der Waals surface area contributed by atoms with E-state index in [2.05, 4.69) is 0 Å². The highest BCUT2D eigenvalue weighted by molar-refractivity contribution is 7.89. The van der Waals surface area contributed by atoms with Gasteiger partial charge < -0.3 is 5.73 Å². The fraction of sp³-hybridized carbons (Fsp3) is 0.500. The molecule has 0 aliphatic carbocycles. The summed E-state index contributed by atoms with van der Waals surface area (Å²) in [7, 11) is -2.27. The molecule has 0 aliphatic rings. The molecule has 120 valence electrons. The van der Waals surface area contributed by atoms with E-state index in [1.165, 1.54) is 23.5 Å². The van der Waals surface area contributed by atoms with Crippen LogP contribution in [-0.2, 0) is 10.0 Å². The van der Waals surface area contributed by atoms with Crippen molar-refractivity contribution in [3.63, 3.8) is 0 Å². The summed E-state index contributed by atoms with van der Waals surface area (Å²) in [4.78, 5) is 10.3. The number of halogens is 1. The summed E-state index contributed by atoms with van der Waals surface area (Å²) in [6.45, 7) is 5.00. The lowest BCUT2D eigenvalue weighted by Crippen LogP contribution is -2.40. The molecule has 0 spiro atoms. The molecule has 1 aromatic carbocycles. The molecule has 0 saturated carbocycles. The molecule has 0 fully saturated rings. The second-order valence-corrected chi connectivity index (χ2v) is 6.71. The molecule has 1 aromatic rings. The molecule has 0 aliphatic heterocycles. The molecule has 0 aromatic heterocycles. The van der Waals surface area contributed by atoms with Crippen molar-refractivity contribution in [2.75, 3.05) is 13.6 Å². The fourth-order valence-corrected chi connectivity index (χ4v) is 3.75. The zero-order valence-corrected chi connectivity index (χ0v) is 14.0. The maximum atomic E-state index is 12.6. The summed E-state index contributed by atoms with van der Waals surface area (Å²) in [5.74, 6) is 0. The van der Waals surface area contributed by atoms with E-state index in [1.807, 2.05) is 0 Å². The Morgan fingerprint density at radius 1 is 1.33 bits per heavy atom. The minimum Gasteiger partial charge on any atom is -0.329 e. The molecule has 1 unspecified atom stereocenters. The summed E-state index contributed by atoms with van der Waals surface area (Å²) < 4.78 is 26.3. The summed E-state index contributed by atoms with van der Waals surface area (Å²) in [6.07, 6.45) is 0. The van der Waals surface area contributed by atoms with Gasteiger partial charge in [-0.15, -0.1) is 12.4 Å². The molecular weight excluding hydrogens is 318 g/mol. The topological polar surface area (TPSA) is 107 Å². The van der Waals surface area contributed by atoms with Gasteiger partial charge in [0.25, 0.3) is 5.69 Å². The van der Waals surface area contributed by atoms with Crippen LogP contribution in [0.25, 0.3) is 0 Å². The number of benzene rings is 1. The van der Waals surface area contributed by atoms with Gasteiger partial charge in [-0.05, 0) is 31.9 Å². The molecule has 1 atom stereocenters. The van der Waals surface area contributed by atoms with Gasteiger partial charge in [0.15, 0.2) is 0 Å². The molecule has 0 amide bonds. The van der Waals surface area contributed by atoms with Crippen LogP contribution >= 0.6 is 12.4 Å². The average Bonchev–Trinajstić information content (AvgIpc) is 2.35. The van der Waals surface area contributed by atoms with Crippen molar-refractivity contribution >= 4 is 28.1 Å². The molecule has 2 N–H and O–H groups in total. The monoisotopic (exact) mass is 337 g/mol. The molecule has 0 saturated heterocycles. The lowest BCUT2D eigenvalue weighted by molar-refractivity contribution is -0.385. The number of hydrogen-bond donors (Lipinski definition) is 1. The van der Waals surface area contributed by atoms with E-state index in [-0.39, 0.29) is 35.6 Å². The quantitative estimate of drug-likeness (QED) is 0.648. The van der Waals surface area contributed by atoms with Gasteiger partial charge in [-0.3, -0.25) is 10.1 Å². The van der Waals surface area contributed by atoms with E-state index in [1.54, 1.807) is 20.8 Å². The average molecular weight is 338 g/mol. The van der Waals surface area contributed by atoms with Gasteiger partial charge in [-0.1, -0.05) is 0 Å². The number of sulfonamides is 1. The van der Waals surface area contributed by atoms with Gasteiger partial charge in [0, 0.05) is 31.8 Å². The van der Waals surface area contributed by atoms with Crippen molar-refractivity contribution in [1.29, 1.82) is 0 Å². The SMILES string of the molecule is Cc1cc([N+](=O)[O-])cc(C)c1S(=O)(=O)N(C)C(C)CN.Cl. The highest BCUT2D eigenvalue weighted by Crippen LogP contribution is 2.28. The second kappa shape index (κ2) is 7.17. The third-order valence-electron chi connectivity index (χ3n) is 3.25. The van der Waals surface area contributed by atoms with Crippen molar-refractivity contribution in [3.8, 4) is 0 Å². The highest BCUT2D eigenvalue weighted by atomic mass is 35.5. The molecule has 21 heavy (non-hydrogen) atoms. The van der Waals surface area contributed by atoms with Gasteiger partial charge in [-0.25, -0.2) is 8.42 Å². The highest BCUT2D eigenvalue weighted by Gasteiger charge is 2.29. The van der Waals surface area contributed by atoms with E-state index in [0.29, 0.717) is 11.1 Å². The largest absolute Gasteiger partial charge is 0.329 e. The number of nitro benzene ring substituents is 1. The lowest BCUT2D eigenvalue weighted by atomic mass is 10.1. The first-order chi connectivity index (χ1) is 9.12. The Kier molecular flexibility index (Phi) is 6.75. The van der Waals surface area contributed by atoms with Crippen molar-refractivity contribution in [3.05, 3.63) is 33.4 Å². The number of nitro groups is 1. The van der Waals surface area contributed by atoms with Gasteiger partial charge in [0.05, 0.1) is 9.82 Å². The number of hydrogen-bond acceptors (Lipinski definition) is 5. The van der Waals surface area contributed by atoms with Gasteiger partial charge in [-0.2, -0.15) is 4.31 Å². The molecular formula is C12H20ClN3O4S.